The highest BCUT2D eigenvalue weighted by Crippen LogP contribution is 2.45. The molecule has 0 atom stereocenters. The normalized spacial score (nSPS) is 13.4. The molecule has 3 nitrogen and oxygen atoms in total. The Morgan fingerprint density at radius 2 is 1.71 bits per heavy atom. The molecular formula is C23H21ClFNO2. The fourth-order valence-corrected chi connectivity index (χ4v) is 4.03. The fraction of sp³-hybridized carbons (Fsp3) is 0.217. The van der Waals surface area contributed by atoms with Gasteiger partial charge >= 0.3 is 0 Å². The minimum atomic E-state index is -0.394. The van der Waals surface area contributed by atoms with E-state index >= 15 is 0 Å². The zero-order valence-electron chi connectivity index (χ0n) is 15.8. The van der Waals surface area contributed by atoms with Crippen LogP contribution >= 0.6 is 11.6 Å². The van der Waals surface area contributed by atoms with Crippen LogP contribution < -0.4 is 9.47 Å². The third-order valence-electron chi connectivity index (χ3n) is 5.09. The molecular weight excluding hydrogens is 377 g/mol. The Morgan fingerprint density at radius 1 is 0.964 bits per heavy atom. The highest BCUT2D eigenvalue weighted by molar-refractivity contribution is 6.30. The van der Waals surface area contributed by atoms with Gasteiger partial charge in [0.15, 0.2) is 11.5 Å². The summed E-state index contributed by atoms with van der Waals surface area (Å²) in [7, 11) is 3.35. The van der Waals surface area contributed by atoms with Crippen LogP contribution in [0.5, 0.6) is 11.5 Å². The molecule has 3 aromatic rings. The highest BCUT2D eigenvalue weighted by atomic mass is 35.5. The number of nitrogens with zero attached hydrogens (tertiary/aromatic N) is 1. The van der Waals surface area contributed by atoms with Crippen LogP contribution in [0.15, 0.2) is 54.6 Å². The van der Waals surface area contributed by atoms with E-state index in [9.17, 15) is 4.39 Å². The molecule has 144 valence electrons. The summed E-state index contributed by atoms with van der Waals surface area (Å²) < 4.78 is 24.9. The van der Waals surface area contributed by atoms with Crippen LogP contribution in [-0.4, -0.2) is 19.1 Å². The number of rotatable bonds is 5. The van der Waals surface area contributed by atoms with Crippen LogP contribution in [-0.2, 0) is 19.6 Å². The van der Waals surface area contributed by atoms with Gasteiger partial charge in [-0.05, 0) is 34.9 Å². The number of hydrogen-bond acceptors (Lipinski definition) is 3. The van der Waals surface area contributed by atoms with Gasteiger partial charge in [-0.3, -0.25) is 4.90 Å². The first-order chi connectivity index (χ1) is 13.6. The highest BCUT2D eigenvalue weighted by Gasteiger charge is 2.27. The summed E-state index contributed by atoms with van der Waals surface area (Å²) in [6, 6.07) is 17.2. The second kappa shape index (κ2) is 7.82. The molecule has 0 aliphatic carbocycles. The van der Waals surface area contributed by atoms with E-state index in [0.717, 1.165) is 46.8 Å². The maximum Gasteiger partial charge on any atom is 0.168 e. The van der Waals surface area contributed by atoms with E-state index in [1.807, 2.05) is 18.2 Å². The Hall–Kier alpha value is -2.56. The second-order valence-corrected chi connectivity index (χ2v) is 7.30. The SMILES string of the molecule is COc1c(-c2ccccc2)cc2c(c1OC)CN(Cc1ccc(F)c(Cl)c1)C2. The van der Waals surface area contributed by atoms with Crippen molar-refractivity contribution in [2.75, 3.05) is 14.2 Å². The molecule has 28 heavy (non-hydrogen) atoms. The van der Waals surface area contributed by atoms with Gasteiger partial charge in [0.1, 0.15) is 5.82 Å². The van der Waals surface area contributed by atoms with Crippen LogP contribution in [0.25, 0.3) is 11.1 Å². The van der Waals surface area contributed by atoms with Crippen molar-refractivity contribution in [2.24, 2.45) is 0 Å². The van der Waals surface area contributed by atoms with Gasteiger partial charge in [0.25, 0.3) is 0 Å². The topological polar surface area (TPSA) is 21.7 Å². The molecule has 0 N–H and O–H groups in total. The average molecular weight is 398 g/mol. The van der Waals surface area contributed by atoms with Crippen LogP contribution in [0.3, 0.4) is 0 Å². The van der Waals surface area contributed by atoms with E-state index in [1.54, 1.807) is 26.4 Å². The Kier molecular flexibility index (Phi) is 5.25. The maximum absolute atomic E-state index is 13.4. The Labute approximate surface area is 169 Å². The standard InChI is InChI=1S/C23H21ClFNO2/c1-27-22-18(16-6-4-3-5-7-16)11-17-13-26(14-19(17)23(22)28-2)12-15-8-9-21(25)20(24)10-15/h3-11H,12-14H2,1-2H3. The van der Waals surface area contributed by atoms with Crippen LogP contribution in [0, 0.1) is 5.82 Å². The molecule has 0 aromatic heterocycles. The van der Waals surface area contributed by atoms with Gasteiger partial charge in [0, 0.05) is 30.8 Å². The van der Waals surface area contributed by atoms with Crippen molar-refractivity contribution in [1.82, 2.24) is 4.90 Å². The summed E-state index contributed by atoms with van der Waals surface area (Å²) in [5, 5.41) is 0.153. The van der Waals surface area contributed by atoms with Crippen molar-refractivity contribution in [2.45, 2.75) is 19.6 Å². The van der Waals surface area contributed by atoms with Crippen molar-refractivity contribution in [3.05, 3.63) is 82.1 Å². The lowest BCUT2D eigenvalue weighted by Gasteiger charge is -2.17. The number of benzene rings is 3. The molecule has 0 radical (unpaired) electrons. The third kappa shape index (κ3) is 3.46. The number of methoxy groups -OCH3 is 2. The zero-order valence-corrected chi connectivity index (χ0v) is 16.6. The number of ether oxygens (including phenoxy) is 2. The van der Waals surface area contributed by atoms with E-state index in [2.05, 4.69) is 23.1 Å². The molecule has 1 heterocycles. The van der Waals surface area contributed by atoms with Crippen molar-refractivity contribution >= 4 is 11.6 Å². The van der Waals surface area contributed by atoms with Gasteiger partial charge in [-0.15, -0.1) is 0 Å². The molecule has 4 rings (SSSR count). The lowest BCUT2D eigenvalue weighted by Crippen LogP contribution is -2.15. The Bertz CT molecular complexity index is 1010. The molecule has 0 bridgehead atoms. The molecule has 5 heteroatoms. The predicted octanol–water partition coefficient (Wildman–Crippen LogP) is 5.68. The molecule has 0 amide bonds. The molecule has 0 saturated carbocycles. The third-order valence-corrected chi connectivity index (χ3v) is 5.38. The molecule has 1 aliphatic heterocycles. The molecule has 0 unspecified atom stereocenters. The predicted molar refractivity (Wildman–Crippen MR) is 109 cm³/mol. The monoisotopic (exact) mass is 397 g/mol. The molecule has 0 spiro atoms. The van der Waals surface area contributed by atoms with Crippen LogP contribution in [0.1, 0.15) is 16.7 Å². The first-order valence-electron chi connectivity index (χ1n) is 9.09. The number of fused-ring (bicyclic) bond motifs is 1. The van der Waals surface area contributed by atoms with Crippen molar-refractivity contribution < 1.29 is 13.9 Å². The number of hydrogen-bond donors (Lipinski definition) is 0. The van der Waals surface area contributed by atoms with E-state index in [1.165, 1.54) is 11.6 Å². The van der Waals surface area contributed by atoms with E-state index in [0.29, 0.717) is 6.54 Å². The minimum Gasteiger partial charge on any atom is -0.492 e. The van der Waals surface area contributed by atoms with Crippen LogP contribution in [0.2, 0.25) is 5.02 Å². The van der Waals surface area contributed by atoms with Crippen molar-refractivity contribution in [3.8, 4) is 22.6 Å². The smallest absolute Gasteiger partial charge is 0.168 e. The maximum atomic E-state index is 13.4. The van der Waals surface area contributed by atoms with Gasteiger partial charge in [-0.2, -0.15) is 0 Å². The lowest BCUT2D eigenvalue weighted by molar-refractivity contribution is 0.272. The summed E-state index contributed by atoms with van der Waals surface area (Å²) >= 11 is 5.93. The van der Waals surface area contributed by atoms with E-state index in [4.69, 9.17) is 21.1 Å². The van der Waals surface area contributed by atoms with Gasteiger partial charge in [0.05, 0.1) is 19.2 Å². The zero-order chi connectivity index (χ0) is 19.7. The lowest BCUT2D eigenvalue weighted by atomic mass is 9.98. The molecule has 0 fully saturated rings. The fourth-order valence-electron chi connectivity index (χ4n) is 3.83. The van der Waals surface area contributed by atoms with E-state index in [-0.39, 0.29) is 5.02 Å². The van der Waals surface area contributed by atoms with Crippen LogP contribution in [0.4, 0.5) is 4.39 Å². The van der Waals surface area contributed by atoms with Crippen molar-refractivity contribution in [1.29, 1.82) is 0 Å². The Balaban J connectivity index is 1.68. The second-order valence-electron chi connectivity index (χ2n) is 6.89. The minimum absolute atomic E-state index is 0.153. The number of halogens is 2. The first-order valence-corrected chi connectivity index (χ1v) is 9.47. The first kappa shape index (κ1) is 18.8. The molecule has 3 aromatic carbocycles. The molecule has 1 aliphatic rings. The van der Waals surface area contributed by atoms with Gasteiger partial charge < -0.3 is 9.47 Å². The van der Waals surface area contributed by atoms with Gasteiger partial charge in [-0.25, -0.2) is 4.39 Å². The van der Waals surface area contributed by atoms with Gasteiger partial charge in [0.2, 0.25) is 0 Å². The van der Waals surface area contributed by atoms with Gasteiger partial charge in [-0.1, -0.05) is 48.0 Å². The summed E-state index contributed by atoms with van der Waals surface area (Å²) in [4.78, 5) is 2.28. The quantitative estimate of drug-likeness (QED) is 0.553. The summed E-state index contributed by atoms with van der Waals surface area (Å²) in [6.45, 7) is 2.20. The summed E-state index contributed by atoms with van der Waals surface area (Å²) in [6.07, 6.45) is 0. The summed E-state index contributed by atoms with van der Waals surface area (Å²) in [5.41, 5.74) is 5.43. The largest absolute Gasteiger partial charge is 0.492 e. The molecule has 0 saturated heterocycles. The van der Waals surface area contributed by atoms with E-state index < -0.39 is 5.82 Å². The Morgan fingerprint density at radius 3 is 2.39 bits per heavy atom. The van der Waals surface area contributed by atoms with Crippen molar-refractivity contribution in [3.63, 3.8) is 0 Å². The average Bonchev–Trinajstić information content (AvgIpc) is 3.12. The summed E-state index contributed by atoms with van der Waals surface area (Å²) in [5.74, 6) is 1.13.